The fourth-order valence-corrected chi connectivity index (χ4v) is 4.90. The first-order valence-corrected chi connectivity index (χ1v) is 11.8. The molecule has 1 amide bonds. The number of aromatic nitrogens is 1. The molecule has 0 bridgehead atoms. The Morgan fingerprint density at radius 3 is 2.48 bits per heavy atom. The molecule has 0 spiro atoms. The highest BCUT2D eigenvalue weighted by Gasteiger charge is 2.23. The molecule has 2 heterocycles. The number of fused-ring (bicyclic) bond motifs is 3. The van der Waals surface area contributed by atoms with Crippen LogP contribution in [0.3, 0.4) is 0 Å². The van der Waals surface area contributed by atoms with Crippen LogP contribution in [0.5, 0.6) is 5.75 Å². The van der Waals surface area contributed by atoms with Gasteiger partial charge < -0.3 is 14.5 Å². The van der Waals surface area contributed by atoms with Crippen LogP contribution in [-0.4, -0.2) is 30.3 Å². The summed E-state index contributed by atoms with van der Waals surface area (Å²) in [7, 11) is 1.59. The maximum Gasteiger partial charge on any atom is 0.414 e. The number of H-pyrrole nitrogens is 1. The number of ether oxygens (including phenoxy) is 2. The summed E-state index contributed by atoms with van der Waals surface area (Å²) >= 11 is 7.89. The summed E-state index contributed by atoms with van der Waals surface area (Å²) in [5.74, 6) is 0.597. The number of benzene rings is 2. The van der Waals surface area contributed by atoms with Crippen LogP contribution in [0.4, 0.5) is 10.5 Å². The highest BCUT2D eigenvalue weighted by Crippen LogP contribution is 2.43. The molecule has 6 nitrogen and oxygen atoms in total. The van der Waals surface area contributed by atoms with Gasteiger partial charge in [-0.15, -0.1) is 11.3 Å². The van der Waals surface area contributed by atoms with E-state index in [1.807, 2.05) is 63.4 Å². The van der Waals surface area contributed by atoms with E-state index in [1.165, 1.54) is 11.3 Å². The number of thiophene rings is 1. The van der Waals surface area contributed by atoms with Crippen molar-refractivity contribution in [2.45, 2.75) is 33.3 Å². The van der Waals surface area contributed by atoms with Crippen molar-refractivity contribution >= 4 is 55.7 Å². The van der Waals surface area contributed by atoms with Gasteiger partial charge in [0, 0.05) is 34.6 Å². The van der Waals surface area contributed by atoms with E-state index in [2.05, 4.69) is 4.98 Å². The van der Waals surface area contributed by atoms with Gasteiger partial charge in [-0.3, -0.25) is 9.69 Å². The van der Waals surface area contributed by atoms with E-state index >= 15 is 0 Å². The van der Waals surface area contributed by atoms with Crippen molar-refractivity contribution in [1.29, 1.82) is 0 Å². The number of hydrogen-bond donors (Lipinski definition) is 1. The fourth-order valence-electron chi connectivity index (χ4n) is 3.86. The molecule has 4 aromatic rings. The number of aromatic amines is 1. The summed E-state index contributed by atoms with van der Waals surface area (Å²) in [6.07, 6.45) is -0.398. The number of amides is 1. The molecule has 0 atom stereocenters. The van der Waals surface area contributed by atoms with Gasteiger partial charge in [-0.05, 0) is 56.8 Å². The normalized spacial score (nSPS) is 11.7. The first-order valence-electron chi connectivity index (χ1n) is 10.5. The van der Waals surface area contributed by atoms with Crippen molar-refractivity contribution in [1.82, 2.24) is 4.98 Å². The smallest absolute Gasteiger partial charge is 0.414 e. The number of pyridine rings is 1. The average Bonchev–Trinajstić information content (AvgIpc) is 3.25. The van der Waals surface area contributed by atoms with E-state index in [-0.39, 0.29) is 5.56 Å². The zero-order chi connectivity index (χ0) is 23.9. The minimum atomic E-state index is -0.580. The lowest BCUT2D eigenvalue weighted by Gasteiger charge is -2.26. The summed E-state index contributed by atoms with van der Waals surface area (Å²) in [4.78, 5) is 29.7. The summed E-state index contributed by atoms with van der Waals surface area (Å²) < 4.78 is 11.8. The Morgan fingerprint density at radius 2 is 1.88 bits per heavy atom. The van der Waals surface area contributed by atoms with Crippen LogP contribution in [0.2, 0.25) is 5.02 Å². The van der Waals surface area contributed by atoms with Gasteiger partial charge in [0.05, 0.1) is 17.6 Å². The van der Waals surface area contributed by atoms with Crippen LogP contribution in [0.15, 0.2) is 46.6 Å². The number of methoxy groups -OCH3 is 1. The van der Waals surface area contributed by atoms with E-state index in [4.69, 9.17) is 21.1 Å². The van der Waals surface area contributed by atoms with Gasteiger partial charge in [0.2, 0.25) is 0 Å². The molecule has 33 heavy (non-hydrogen) atoms. The molecule has 0 fully saturated rings. The van der Waals surface area contributed by atoms with Crippen LogP contribution >= 0.6 is 22.9 Å². The topological polar surface area (TPSA) is 71.6 Å². The Balaban J connectivity index is 1.88. The lowest BCUT2D eigenvalue weighted by atomic mass is 9.97. The van der Waals surface area contributed by atoms with E-state index in [0.29, 0.717) is 27.5 Å². The van der Waals surface area contributed by atoms with Gasteiger partial charge in [-0.2, -0.15) is 0 Å². The van der Waals surface area contributed by atoms with Gasteiger partial charge in [0.15, 0.2) is 0 Å². The highest BCUT2D eigenvalue weighted by molar-refractivity contribution is 7.17. The van der Waals surface area contributed by atoms with E-state index < -0.39 is 11.7 Å². The van der Waals surface area contributed by atoms with Crippen molar-refractivity contribution in [3.63, 3.8) is 0 Å². The Labute approximate surface area is 200 Å². The number of carbonyl (C=O) groups excluding carboxylic acids is 1. The van der Waals surface area contributed by atoms with E-state index in [1.54, 1.807) is 18.1 Å². The van der Waals surface area contributed by atoms with Crippen molar-refractivity contribution in [3.8, 4) is 16.9 Å². The summed E-state index contributed by atoms with van der Waals surface area (Å²) in [6, 6.07) is 11.2. The van der Waals surface area contributed by atoms with E-state index in [0.717, 1.165) is 27.6 Å². The van der Waals surface area contributed by atoms with Crippen molar-refractivity contribution in [2.75, 3.05) is 18.6 Å². The van der Waals surface area contributed by atoms with Crippen molar-refractivity contribution in [3.05, 3.63) is 57.2 Å². The fraction of sp³-hybridized carbons (Fsp3) is 0.280. The molecule has 0 aliphatic rings. The number of hydrogen-bond acceptors (Lipinski definition) is 5. The maximum atomic E-state index is 12.6. The molecular weight excluding hydrogens is 460 g/mol. The lowest BCUT2D eigenvalue weighted by Crippen LogP contribution is -2.36. The van der Waals surface area contributed by atoms with E-state index in [9.17, 15) is 9.59 Å². The number of carbonyl (C=O) groups is 1. The first-order chi connectivity index (χ1) is 15.6. The molecule has 4 rings (SSSR count). The molecule has 2 aromatic heterocycles. The molecule has 8 heteroatoms. The standard InChI is InChI=1S/C25H25ClN2O4S/c1-6-28(24(30)32-25(2,3)4)15-9-7-14(8-10-15)19-18(31-5)13-17(26)21-20(19)16-11-12-33-22(16)23(29)27-21/h7-13H,6H2,1-5H3,(H,27,29). The quantitative estimate of drug-likeness (QED) is 0.344. The number of nitrogens with one attached hydrogen (secondary N) is 1. The molecule has 0 radical (unpaired) electrons. The number of anilines is 1. The van der Waals surface area contributed by atoms with Crippen molar-refractivity contribution < 1.29 is 14.3 Å². The van der Waals surface area contributed by atoms with Crippen LogP contribution in [0.1, 0.15) is 27.7 Å². The minimum Gasteiger partial charge on any atom is -0.496 e. The Morgan fingerprint density at radius 1 is 1.18 bits per heavy atom. The largest absolute Gasteiger partial charge is 0.496 e. The molecule has 0 saturated carbocycles. The van der Waals surface area contributed by atoms with Crippen LogP contribution < -0.4 is 15.2 Å². The Hall–Kier alpha value is -3.03. The van der Waals surface area contributed by atoms with Crippen LogP contribution in [0.25, 0.3) is 32.1 Å². The van der Waals surface area contributed by atoms with Gasteiger partial charge in [0.25, 0.3) is 5.56 Å². The van der Waals surface area contributed by atoms with Crippen molar-refractivity contribution in [2.24, 2.45) is 0 Å². The second kappa shape index (κ2) is 8.72. The Bertz CT molecular complexity index is 1400. The summed E-state index contributed by atoms with van der Waals surface area (Å²) in [5.41, 5.74) is 2.23. The molecule has 0 aliphatic carbocycles. The second-order valence-electron chi connectivity index (χ2n) is 8.57. The van der Waals surface area contributed by atoms with Crippen LogP contribution in [-0.2, 0) is 4.74 Å². The zero-order valence-electron chi connectivity index (χ0n) is 19.1. The Kier molecular flexibility index (Phi) is 6.12. The number of halogens is 1. The molecule has 0 unspecified atom stereocenters. The van der Waals surface area contributed by atoms with Gasteiger partial charge in [0.1, 0.15) is 16.1 Å². The maximum absolute atomic E-state index is 12.6. The van der Waals surface area contributed by atoms with Gasteiger partial charge >= 0.3 is 6.09 Å². The molecular formula is C25H25ClN2O4S. The molecule has 2 aromatic carbocycles. The predicted molar refractivity (Wildman–Crippen MR) is 136 cm³/mol. The zero-order valence-corrected chi connectivity index (χ0v) is 20.7. The summed E-state index contributed by atoms with van der Waals surface area (Å²) in [6.45, 7) is 7.90. The summed E-state index contributed by atoms with van der Waals surface area (Å²) in [5, 5.41) is 3.94. The second-order valence-corrected chi connectivity index (χ2v) is 9.90. The number of nitrogens with zero attached hydrogens (tertiary/aromatic N) is 1. The monoisotopic (exact) mass is 484 g/mol. The average molecular weight is 485 g/mol. The molecule has 0 saturated heterocycles. The van der Waals surface area contributed by atoms with Gasteiger partial charge in [-0.1, -0.05) is 23.7 Å². The first kappa shape index (κ1) is 23.1. The molecule has 0 aliphatic heterocycles. The minimum absolute atomic E-state index is 0.170. The third-order valence-electron chi connectivity index (χ3n) is 5.24. The predicted octanol–water partition coefficient (Wildman–Crippen LogP) is 6.83. The third-order valence-corrected chi connectivity index (χ3v) is 6.45. The third kappa shape index (κ3) is 4.30. The number of rotatable bonds is 4. The molecule has 1 N–H and O–H groups in total. The highest BCUT2D eigenvalue weighted by atomic mass is 35.5. The molecule has 172 valence electrons. The lowest BCUT2D eigenvalue weighted by molar-refractivity contribution is 0.0582. The SMILES string of the molecule is CCN(C(=O)OC(C)(C)C)c1ccc(-c2c(OC)cc(Cl)c3[nH]c(=O)c4sccc4c23)cc1. The van der Waals surface area contributed by atoms with Gasteiger partial charge in [-0.25, -0.2) is 4.79 Å². The van der Waals surface area contributed by atoms with Crippen LogP contribution in [0, 0.1) is 0 Å².